The molecule has 1 aliphatic heterocycles. The van der Waals surface area contributed by atoms with E-state index in [1.54, 1.807) is 11.0 Å². The van der Waals surface area contributed by atoms with Crippen LogP contribution in [0.4, 0.5) is 14.6 Å². The molecule has 0 radical (unpaired) electrons. The molecule has 122 valence electrons. The minimum atomic E-state index is -0.645. The topological polar surface area (TPSA) is 58.5 Å². The molecule has 2 heterocycles. The summed E-state index contributed by atoms with van der Waals surface area (Å²) in [6.07, 6.45) is 1.01. The molecular weight excluding hydrogens is 304 g/mol. The summed E-state index contributed by atoms with van der Waals surface area (Å²) in [5.41, 5.74) is 0.207. The van der Waals surface area contributed by atoms with Gasteiger partial charge in [0.15, 0.2) is 0 Å². The van der Waals surface area contributed by atoms with Crippen molar-refractivity contribution in [1.29, 1.82) is 0 Å². The molecule has 0 unspecified atom stereocenters. The zero-order valence-electron chi connectivity index (χ0n) is 12.6. The van der Waals surface area contributed by atoms with Crippen LogP contribution >= 0.6 is 0 Å². The maximum Gasteiger partial charge on any atom is 0.218 e. The van der Waals surface area contributed by atoms with E-state index in [2.05, 4.69) is 9.97 Å². The van der Waals surface area contributed by atoms with E-state index in [4.69, 9.17) is 4.74 Å². The van der Waals surface area contributed by atoms with Gasteiger partial charge in [0, 0.05) is 18.2 Å². The van der Waals surface area contributed by atoms with Crippen LogP contribution in [0.5, 0.6) is 5.88 Å². The average molecular weight is 321 g/mol. The van der Waals surface area contributed by atoms with Crippen molar-refractivity contribution in [3.8, 4) is 5.88 Å². The molecule has 1 fully saturated rings. The fourth-order valence-corrected chi connectivity index (χ4v) is 2.85. The number of aromatic nitrogens is 2. The van der Waals surface area contributed by atoms with Crippen molar-refractivity contribution in [1.82, 2.24) is 9.97 Å². The maximum absolute atomic E-state index is 14.1. The van der Waals surface area contributed by atoms with Crippen molar-refractivity contribution < 1.29 is 18.6 Å². The molecule has 1 aromatic heterocycles. The first-order chi connectivity index (χ1) is 11.1. The van der Waals surface area contributed by atoms with Gasteiger partial charge in [-0.25, -0.2) is 18.7 Å². The van der Waals surface area contributed by atoms with E-state index < -0.39 is 23.8 Å². The Labute approximate surface area is 132 Å². The van der Waals surface area contributed by atoms with Crippen molar-refractivity contribution in [2.24, 2.45) is 0 Å². The summed E-state index contributed by atoms with van der Waals surface area (Å²) in [4.78, 5) is 9.91. The van der Waals surface area contributed by atoms with Gasteiger partial charge in [-0.15, -0.1) is 0 Å². The summed E-state index contributed by atoms with van der Waals surface area (Å²) in [6.45, 7) is 2.58. The lowest BCUT2D eigenvalue weighted by atomic mass is 10.0. The molecule has 23 heavy (non-hydrogen) atoms. The molecule has 3 rings (SSSR count). The third-order valence-corrected chi connectivity index (χ3v) is 3.81. The van der Waals surface area contributed by atoms with E-state index in [0.717, 1.165) is 18.2 Å². The van der Waals surface area contributed by atoms with Gasteiger partial charge < -0.3 is 14.7 Å². The normalized spacial score (nSPS) is 20.8. The van der Waals surface area contributed by atoms with Crippen LogP contribution in [0.3, 0.4) is 0 Å². The van der Waals surface area contributed by atoms with Gasteiger partial charge in [-0.2, -0.15) is 0 Å². The van der Waals surface area contributed by atoms with Gasteiger partial charge in [-0.05, 0) is 31.5 Å². The Morgan fingerprint density at radius 1 is 1.30 bits per heavy atom. The number of benzene rings is 1. The van der Waals surface area contributed by atoms with E-state index >= 15 is 0 Å². The monoisotopic (exact) mass is 321 g/mol. The molecule has 2 atom stereocenters. The zero-order chi connectivity index (χ0) is 16.4. The Kier molecular flexibility index (Phi) is 4.38. The average Bonchev–Trinajstić information content (AvgIpc) is 2.92. The molecule has 7 heteroatoms. The molecule has 1 saturated heterocycles. The molecule has 0 saturated carbocycles. The Hall–Kier alpha value is -2.28. The zero-order valence-corrected chi connectivity index (χ0v) is 12.6. The Morgan fingerprint density at radius 2 is 2.13 bits per heavy atom. The van der Waals surface area contributed by atoms with Crippen LogP contribution in [0.2, 0.25) is 0 Å². The molecule has 0 spiro atoms. The fourth-order valence-electron chi connectivity index (χ4n) is 2.85. The lowest BCUT2D eigenvalue weighted by Crippen LogP contribution is -2.26. The van der Waals surface area contributed by atoms with E-state index in [1.165, 1.54) is 6.33 Å². The molecule has 1 N–H and O–H groups in total. The Morgan fingerprint density at radius 3 is 2.91 bits per heavy atom. The summed E-state index contributed by atoms with van der Waals surface area (Å²) in [5, 5.41) is 9.99. The lowest BCUT2D eigenvalue weighted by molar-refractivity contribution is 0.194. The number of halogens is 2. The number of aliphatic hydroxyl groups is 1. The molecule has 1 aliphatic rings. The van der Waals surface area contributed by atoms with Crippen molar-refractivity contribution >= 4 is 5.82 Å². The van der Waals surface area contributed by atoms with E-state index in [1.807, 2.05) is 6.92 Å². The van der Waals surface area contributed by atoms with Gasteiger partial charge in [0.2, 0.25) is 5.88 Å². The van der Waals surface area contributed by atoms with Crippen LogP contribution in [0.15, 0.2) is 30.6 Å². The van der Waals surface area contributed by atoms with E-state index in [0.29, 0.717) is 24.7 Å². The predicted molar refractivity (Wildman–Crippen MR) is 80.3 cm³/mol. The third-order valence-electron chi connectivity index (χ3n) is 3.81. The van der Waals surface area contributed by atoms with Crippen molar-refractivity contribution in [2.45, 2.75) is 25.5 Å². The molecular formula is C16H17F2N3O2. The summed E-state index contributed by atoms with van der Waals surface area (Å²) in [7, 11) is 0. The van der Waals surface area contributed by atoms with Gasteiger partial charge in [0.05, 0.1) is 18.8 Å². The molecule has 0 bridgehead atoms. The molecule has 2 aromatic rings. The SMILES string of the molecule is CCOc1cc(N2C[C@H](O)C[C@H]2c2cc(F)ccc2F)ncn1. The molecule has 5 nitrogen and oxygen atoms in total. The minimum absolute atomic E-state index is 0.207. The van der Waals surface area contributed by atoms with Gasteiger partial charge in [0.1, 0.15) is 23.8 Å². The first kappa shape index (κ1) is 15.6. The summed E-state index contributed by atoms with van der Waals surface area (Å²) >= 11 is 0. The lowest BCUT2D eigenvalue weighted by Gasteiger charge is -2.26. The highest BCUT2D eigenvalue weighted by Gasteiger charge is 2.35. The van der Waals surface area contributed by atoms with E-state index in [9.17, 15) is 13.9 Å². The predicted octanol–water partition coefficient (Wildman–Crippen LogP) is 2.47. The highest BCUT2D eigenvalue weighted by Crippen LogP contribution is 2.37. The minimum Gasteiger partial charge on any atom is -0.478 e. The van der Waals surface area contributed by atoms with Crippen LogP contribution in [0.1, 0.15) is 24.9 Å². The highest BCUT2D eigenvalue weighted by atomic mass is 19.1. The maximum atomic E-state index is 14.1. The number of β-amino-alcohol motifs (C(OH)–C–C–N with tert-alkyl or cyclic N) is 1. The molecule has 0 aliphatic carbocycles. The van der Waals surface area contributed by atoms with Crippen molar-refractivity contribution in [3.05, 3.63) is 47.8 Å². The number of ether oxygens (including phenoxy) is 1. The Bertz CT molecular complexity index is 699. The first-order valence-electron chi connectivity index (χ1n) is 7.43. The van der Waals surface area contributed by atoms with Crippen LogP contribution < -0.4 is 9.64 Å². The first-order valence-corrected chi connectivity index (χ1v) is 7.43. The van der Waals surface area contributed by atoms with Crippen molar-refractivity contribution in [2.75, 3.05) is 18.1 Å². The fraction of sp³-hybridized carbons (Fsp3) is 0.375. The quantitative estimate of drug-likeness (QED) is 0.937. The second kappa shape index (κ2) is 6.45. The van der Waals surface area contributed by atoms with Crippen LogP contribution in [0, 0.1) is 11.6 Å². The Balaban J connectivity index is 1.96. The largest absolute Gasteiger partial charge is 0.478 e. The number of hydrogen-bond acceptors (Lipinski definition) is 5. The number of anilines is 1. The second-order valence-corrected chi connectivity index (χ2v) is 5.37. The molecule has 0 amide bonds. The number of aliphatic hydroxyl groups excluding tert-OH is 1. The number of nitrogens with zero attached hydrogens (tertiary/aromatic N) is 3. The second-order valence-electron chi connectivity index (χ2n) is 5.37. The highest BCUT2D eigenvalue weighted by molar-refractivity contribution is 5.46. The summed E-state index contributed by atoms with van der Waals surface area (Å²) in [5.74, 6) is -0.110. The third kappa shape index (κ3) is 3.24. The van der Waals surface area contributed by atoms with Gasteiger partial charge in [-0.1, -0.05) is 0 Å². The van der Waals surface area contributed by atoms with E-state index in [-0.39, 0.29) is 12.1 Å². The van der Waals surface area contributed by atoms with Gasteiger partial charge in [-0.3, -0.25) is 0 Å². The van der Waals surface area contributed by atoms with Gasteiger partial charge >= 0.3 is 0 Å². The van der Waals surface area contributed by atoms with Crippen LogP contribution in [-0.4, -0.2) is 34.3 Å². The standard InChI is InChI=1S/C16H17F2N3O2/c1-2-23-16-7-15(19-9-20-16)21-8-11(22)6-14(21)12-5-10(17)3-4-13(12)18/h3-5,7,9,11,14,22H,2,6,8H2,1H3/t11-,14+/m1/s1. The molecule has 1 aromatic carbocycles. The number of rotatable bonds is 4. The van der Waals surface area contributed by atoms with Crippen molar-refractivity contribution in [3.63, 3.8) is 0 Å². The number of hydrogen-bond donors (Lipinski definition) is 1. The smallest absolute Gasteiger partial charge is 0.218 e. The summed E-state index contributed by atoms with van der Waals surface area (Å²) in [6, 6.07) is 4.47. The van der Waals surface area contributed by atoms with Gasteiger partial charge in [0.25, 0.3) is 0 Å². The van der Waals surface area contributed by atoms with Crippen LogP contribution in [0.25, 0.3) is 0 Å². The van der Waals surface area contributed by atoms with Crippen LogP contribution in [-0.2, 0) is 0 Å². The summed E-state index contributed by atoms with van der Waals surface area (Å²) < 4.78 is 32.9.